The molecule has 0 aliphatic carbocycles. The fourth-order valence-corrected chi connectivity index (χ4v) is 3.47. The van der Waals surface area contributed by atoms with Crippen LogP contribution in [0.15, 0.2) is 28.7 Å². The molecule has 2 nitrogen and oxygen atoms in total. The predicted octanol–water partition coefficient (Wildman–Crippen LogP) is 3.91. The summed E-state index contributed by atoms with van der Waals surface area (Å²) in [6.07, 6.45) is 3.13. The van der Waals surface area contributed by atoms with Crippen molar-refractivity contribution in [3.63, 3.8) is 0 Å². The third kappa shape index (κ3) is 4.78. The molecule has 0 aliphatic rings. The summed E-state index contributed by atoms with van der Waals surface area (Å²) >= 11 is 5.44. The molecular formula is C15H25BrN2S. The molecule has 2 N–H and O–H groups in total. The van der Waals surface area contributed by atoms with Crippen LogP contribution in [0.1, 0.15) is 31.9 Å². The molecule has 1 aromatic carbocycles. The van der Waals surface area contributed by atoms with E-state index in [1.165, 1.54) is 5.56 Å². The van der Waals surface area contributed by atoms with Gasteiger partial charge in [0.2, 0.25) is 0 Å². The first-order valence-electron chi connectivity index (χ1n) is 6.73. The van der Waals surface area contributed by atoms with E-state index >= 15 is 0 Å². The molecule has 0 bridgehead atoms. The fraction of sp³-hybridized carbons (Fsp3) is 0.600. The summed E-state index contributed by atoms with van der Waals surface area (Å²) in [5.41, 5.74) is 7.66. The monoisotopic (exact) mass is 344 g/mol. The number of hydrogen-bond acceptors (Lipinski definition) is 3. The van der Waals surface area contributed by atoms with Crippen molar-refractivity contribution in [2.24, 2.45) is 5.73 Å². The Morgan fingerprint density at radius 1 is 1.42 bits per heavy atom. The van der Waals surface area contributed by atoms with Gasteiger partial charge in [0.25, 0.3) is 0 Å². The van der Waals surface area contributed by atoms with Gasteiger partial charge in [-0.2, -0.15) is 11.8 Å². The highest BCUT2D eigenvalue weighted by atomic mass is 79.9. The van der Waals surface area contributed by atoms with Crippen molar-refractivity contribution in [2.45, 2.75) is 38.4 Å². The summed E-state index contributed by atoms with van der Waals surface area (Å²) < 4.78 is 1.12. The maximum atomic E-state index is 6.37. The van der Waals surface area contributed by atoms with Crippen LogP contribution >= 0.6 is 27.7 Å². The van der Waals surface area contributed by atoms with E-state index in [4.69, 9.17) is 5.73 Å². The first kappa shape index (κ1) is 17.0. The predicted molar refractivity (Wildman–Crippen MR) is 90.8 cm³/mol. The second kappa shape index (κ2) is 8.30. The summed E-state index contributed by atoms with van der Waals surface area (Å²) in [4.78, 5) is 2.41. The largest absolute Gasteiger partial charge is 0.326 e. The van der Waals surface area contributed by atoms with E-state index in [2.05, 4.69) is 72.2 Å². The van der Waals surface area contributed by atoms with Gasteiger partial charge in [0.15, 0.2) is 0 Å². The van der Waals surface area contributed by atoms with E-state index in [0.717, 1.165) is 16.6 Å². The van der Waals surface area contributed by atoms with Gasteiger partial charge in [0.1, 0.15) is 0 Å². The molecule has 4 heteroatoms. The van der Waals surface area contributed by atoms with E-state index in [-0.39, 0.29) is 12.1 Å². The second-order valence-electron chi connectivity index (χ2n) is 5.04. The van der Waals surface area contributed by atoms with Crippen molar-refractivity contribution in [1.29, 1.82) is 0 Å². The lowest BCUT2D eigenvalue weighted by Gasteiger charge is -2.36. The van der Waals surface area contributed by atoms with E-state index in [1.807, 2.05) is 11.8 Å². The van der Waals surface area contributed by atoms with Crippen molar-refractivity contribution >= 4 is 27.7 Å². The van der Waals surface area contributed by atoms with Crippen LogP contribution < -0.4 is 5.73 Å². The third-order valence-electron chi connectivity index (χ3n) is 3.61. The number of rotatable bonds is 7. The van der Waals surface area contributed by atoms with Gasteiger partial charge in [0.05, 0.1) is 0 Å². The summed E-state index contributed by atoms with van der Waals surface area (Å²) in [6, 6.07) is 9.44. The van der Waals surface area contributed by atoms with Crippen LogP contribution in [0.3, 0.4) is 0 Å². The van der Waals surface area contributed by atoms with E-state index in [0.29, 0.717) is 6.04 Å². The molecule has 108 valence electrons. The van der Waals surface area contributed by atoms with Gasteiger partial charge in [-0.05, 0) is 44.3 Å². The van der Waals surface area contributed by atoms with Crippen molar-refractivity contribution in [2.75, 3.05) is 19.1 Å². The lowest BCUT2D eigenvalue weighted by Crippen LogP contribution is -2.43. The van der Waals surface area contributed by atoms with Crippen molar-refractivity contribution < 1.29 is 0 Å². The normalized spacial score (nSPS) is 16.4. The van der Waals surface area contributed by atoms with Crippen molar-refractivity contribution in [1.82, 2.24) is 4.90 Å². The van der Waals surface area contributed by atoms with E-state index < -0.39 is 0 Å². The Morgan fingerprint density at radius 2 is 2.11 bits per heavy atom. The van der Waals surface area contributed by atoms with Crippen LogP contribution in [0.2, 0.25) is 0 Å². The Kier molecular flexibility index (Phi) is 7.44. The molecule has 0 spiro atoms. The number of thioether (sulfide) groups is 1. The summed E-state index contributed by atoms with van der Waals surface area (Å²) in [5.74, 6) is 1.12. The minimum Gasteiger partial charge on any atom is -0.326 e. The van der Waals surface area contributed by atoms with Crippen LogP contribution in [-0.2, 0) is 0 Å². The number of halogens is 1. The molecule has 0 heterocycles. The fourth-order valence-electron chi connectivity index (χ4n) is 2.33. The lowest BCUT2D eigenvalue weighted by molar-refractivity contribution is 0.171. The third-order valence-corrected chi connectivity index (χ3v) is 4.92. The molecule has 0 aromatic heterocycles. The van der Waals surface area contributed by atoms with E-state index in [1.54, 1.807) is 0 Å². The summed E-state index contributed by atoms with van der Waals surface area (Å²) in [5, 5.41) is 0. The molecule has 0 radical (unpaired) electrons. The Hall–Kier alpha value is -0.0300. The van der Waals surface area contributed by atoms with Crippen LogP contribution in [0.25, 0.3) is 0 Å². The van der Waals surface area contributed by atoms with Gasteiger partial charge >= 0.3 is 0 Å². The molecule has 3 atom stereocenters. The molecule has 0 amide bonds. The first-order valence-corrected chi connectivity index (χ1v) is 8.91. The maximum Gasteiger partial charge on any atom is 0.0499 e. The minimum atomic E-state index is 0.156. The quantitative estimate of drug-likeness (QED) is 0.812. The van der Waals surface area contributed by atoms with Gasteiger partial charge in [-0.1, -0.05) is 35.0 Å². The lowest BCUT2D eigenvalue weighted by atomic mass is 9.96. The Balaban J connectivity index is 3.01. The molecule has 0 saturated carbocycles. The molecule has 3 unspecified atom stereocenters. The number of nitrogens with zero attached hydrogens (tertiary/aromatic N) is 1. The number of nitrogens with two attached hydrogens (primary N) is 1. The molecule has 0 aliphatic heterocycles. The minimum absolute atomic E-state index is 0.156. The second-order valence-corrected chi connectivity index (χ2v) is 6.87. The molecule has 1 aromatic rings. The molecule has 0 fully saturated rings. The highest BCUT2D eigenvalue weighted by molar-refractivity contribution is 9.10. The summed E-state index contributed by atoms with van der Waals surface area (Å²) in [7, 11) is 2.18. The smallest absolute Gasteiger partial charge is 0.0499 e. The standard InChI is InChI=1S/C15H25BrN2S/c1-5-14(17)15(18(3)11(2)10-19-4)12-7-6-8-13(16)9-12/h6-9,11,14-15H,5,10,17H2,1-4H3. The van der Waals surface area contributed by atoms with E-state index in [9.17, 15) is 0 Å². The van der Waals surface area contributed by atoms with Gasteiger partial charge in [0, 0.05) is 28.4 Å². The Morgan fingerprint density at radius 3 is 2.63 bits per heavy atom. The van der Waals surface area contributed by atoms with Gasteiger partial charge in [-0.3, -0.25) is 4.90 Å². The number of benzene rings is 1. The SMILES string of the molecule is CCC(N)C(c1cccc(Br)c1)N(C)C(C)CSC. The van der Waals surface area contributed by atoms with Gasteiger partial charge in [-0.25, -0.2) is 0 Å². The van der Waals surface area contributed by atoms with Gasteiger partial charge < -0.3 is 5.73 Å². The number of hydrogen-bond donors (Lipinski definition) is 1. The average molecular weight is 345 g/mol. The maximum absolute atomic E-state index is 6.37. The van der Waals surface area contributed by atoms with Crippen LogP contribution in [0.5, 0.6) is 0 Å². The Labute approximate surface area is 130 Å². The first-order chi connectivity index (χ1) is 9.01. The zero-order chi connectivity index (χ0) is 14.4. The molecule has 0 saturated heterocycles. The Bertz CT molecular complexity index is 386. The molecule has 1 rings (SSSR count). The zero-order valence-electron chi connectivity index (χ0n) is 12.3. The average Bonchev–Trinajstić information content (AvgIpc) is 2.39. The van der Waals surface area contributed by atoms with Crippen LogP contribution in [0, 0.1) is 0 Å². The highest BCUT2D eigenvalue weighted by Crippen LogP contribution is 2.28. The topological polar surface area (TPSA) is 29.3 Å². The van der Waals surface area contributed by atoms with Crippen molar-refractivity contribution in [3.05, 3.63) is 34.3 Å². The molecule has 19 heavy (non-hydrogen) atoms. The van der Waals surface area contributed by atoms with Crippen molar-refractivity contribution in [3.8, 4) is 0 Å². The summed E-state index contributed by atoms with van der Waals surface area (Å²) in [6.45, 7) is 4.42. The van der Waals surface area contributed by atoms with Gasteiger partial charge in [-0.15, -0.1) is 0 Å². The number of likely N-dealkylation sites (N-methyl/N-ethyl adjacent to an activating group) is 1. The molecular weight excluding hydrogens is 320 g/mol. The zero-order valence-corrected chi connectivity index (χ0v) is 14.7. The highest BCUT2D eigenvalue weighted by Gasteiger charge is 2.26. The van der Waals surface area contributed by atoms with Crippen LogP contribution in [-0.4, -0.2) is 36.0 Å². The van der Waals surface area contributed by atoms with Crippen LogP contribution in [0.4, 0.5) is 0 Å².